The van der Waals surface area contributed by atoms with Crippen LogP contribution in [0.4, 0.5) is 0 Å². The minimum atomic E-state index is -0.745. The minimum Gasteiger partial charge on any atom is -0.481 e. The summed E-state index contributed by atoms with van der Waals surface area (Å²) >= 11 is 0. The predicted octanol–water partition coefficient (Wildman–Crippen LogP) is 2.18. The Labute approximate surface area is 128 Å². The Balaban J connectivity index is 2.49. The highest BCUT2D eigenvalue weighted by Crippen LogP contribution is 2.09. The van der Waals surface area contributed by atoms with Crippen LogP contribution in [0.2, 0.25) is 0 Å². The maximum absolute atomic E-state index is 11.0. The minimum absolute atomic E-state index is 0.00265. The van der Waals surface area contributed by atoms with Crippen LogP contribution < -0.4 is 5.32 Å². The van der Waals surface area contributed by atoms with Gasteiger partial charge in [0.05, 0.1) is 6.42 Å². The lowest BCUT2D eigenvalue weighted by Gasteiger charge is -2.18. The van der Waals surface area contributed by atoms with Gasteiger partial charge in [0.15, 0.2) is 0 Å². The molecule has 0 radical (unpaired) electrons. The molecule has 0 saturated carbocycles. The largest absolute Gasteiger partial charge is 0.481 e. The van der Waals surface area contributed by atoms with E-state index in [-0.39, 0.29) is 12.5 Å². The maximum Gasteiger partial charge on any atom is 0.304 e. The average Bonchev–Trinajstić information content (AvgIpc) is 2.43. The van der Waals surface area contributed by atoms with Crippen LogP contribution in [0.1, 0.15) is 30.9 Å². The molecule has 0 aliphatic rings. The van der Waals surface area contributed by atoms with Gasteiger partial charge in [-0.15, -0.1) is 0 Å². The topological polar surface area (TPSA) is 52.6 Å². The number of carbonyl (C=O) groups is 1. The second kappa shape index (κ2) is 9.53. The van der Waals surface area contributed by atoms with E-state index < -0.39 is 5.97 Å². The number of carboxylic acid groups (broad SMARTS) is 1. The van der Waals surface area contributed by atoms with Gasteiger partial charge in [0.1, 0.15) is 0 Å². The number of aryl methyl sites for hydroxylation is 1. The van der Waals surface area contributed by atoms with Gasteiger partial charge in [-0.1, -0.05) is 31.2 Å². The molecule has 0 saturated heterocycles. The van der Waals surface area contributed by atoms with Crippen molar-refractivity contribution < 1.29 is 9.90 Å². The van der Waals surface area contributed by atoms with E-state index >= 15 is 0 Å². The summed E-state index contributed by atoms with van der Waals surface area (Å²) in [6, 6.07) is 8.46. The number of hydrogen-bond donors (Lipinski definition) is 2. The van der Waals surface area contributed by atoms with Gasteiger partial charge >= 0.3 is 5.97 Å². The van der Waals surface area contributed by atoms with Crippen molar-refractivity contribution in [1.29, 1.82) is 0 Å². The Kier molecular flexibility index (Phi) is 8.01. The standard InChI is InChI=1S/C17H28N2O2/c1-4-14-6-8-15(9-7-14)12-16(13-17(20)21)18-10-5-11-19(2)3/h6-9,16,18H,4-5,10-13H2,1-3H3,(H,20,21). The molecular formula is C17H28N2O2. The van der Waals surface area contributed by atoms with Gasteiger partial charge in [0, 0.05) is 6.04 Å². The van der Waals surface area contributed by atoms with Crippen molar-refractivity contribution in [3.63, 3.8) is 0 Å². The molecule has 1 aromatic carbocycles. The van der Waals surface area contributed by atoms with Crippen LogP contribution in [0.3, 0.4) is 0 Å². The molecule has 0 spiro atoms. The highest BCUT2D eigenvalue weighted by atomic mass is 16.4. The van der Waals surface area contributed by atoms with Gasteiger partial charge in [0.2, 0.25) is 0 Å². The zero-order chi connectivity index (χ0) is 15.7. The highest BCUT2D eigenvalue weighted by molar-refractivity contribution is 5.67. The summed E-state index contributed by atoms with van der Waals surface area (Å²) in [5.74, 6) is -0.745. The first-order valence-electron chi connectivity index (χ1n) is 7.69. The van der Waals surface area contributed by atoms with E-state index in [4.69, 9.17) is 5.11 Å². The summed E-state index contributed by atoms with van der Waals surface area (Å²) in [6.07, 6.45) is 2.98. The number of nitrogens with one attached hydrogen (secondary N) is 1. The van der Waals surface area contributed by atoms with Crippen molar-refractivity contribution in [3.05, 3.63) is 35.4 Å². The summed E-state index contributed by atoms with van der Waals surface area (Å²) in [5.41, 5.74) is 2.51. The summed E-state index contributed by atoms with van der Waals surface area (Å²) < 4.78 is 0. The van der Waals surface area contributed by atoms with Crippen LogP contribution >= 0.6 is 0 Å². The molecule has 0 aliphatic heterocycles. The summed E-state index contributed by atoms with van der Waals surface area (Å²) in [4.78, 5) is 13.1. The van der Waals surface area contributed by atoms with Gasteiger partial charge in [-0.3, -0.25) is 4.79 Å². The van der Waals surface area contributed by atoms with Crippen LogP contribution in [-0.4, -0.2) is 49.2 Å². The molecule has 1 unspecified atom stereocenters. The van der Waals surface area contributed by atoms with Crippen LogP contribution in [0.25, 0.3) is 0 Å². The second-order valence-electron chi connectivity index (χ2n) is 5.78. The normalized spacial score (nSPS) is 12.6. The molecule has 1 atom stereocenters. The third-order valence-corrected chi connectivity index (χ3v) is 3.55. The fourth-order valence-corrected chi connectivity index (χ4v) is 2.32. The second-order valence-corrected chi connectivity index (χ2v) is 5.78. The van der Waals surface area contributed by atoms with Crippen molar-refractivity contribution in [2.24, 2.45) is 0 Å². The number of aliphatic carboxylic acids is 1. The molecule has 118 valence electrons. The molecule has 0 aliphatic carbocycles. The number of hydrogen-bond acceptors (Lipinski definition) is 3. The number of rotatable bonds is 10. The van der Waals surface area contributed by atoms with Crippen LogP contribution in [0.5, 0.6) is 0 Å². The summed E-state index contributed by atoms with van der Waals surface area (Å²) in [7, 11) is 4.09. The van der Waals surface area contributed by atoms with Crippen LogP contribution in [0, 0.1) is 0 Å². The molecule has 4 heteroatoms. The third kappa shape index (κ3) is 7.83. The van der Waals surface area contributed by atoms with Crippen LogP contribution in [-0.2, 0) is 17.6 Å². The average molecular weight is 292 g/mol. The number of carboxylic acids is 1. The third-order valence-electron chi connectivity index (χ3n) is 3.55. The van der Waals surface area contributed by atoms with Gasteiger partial charge in [-0.25, -0.2) is 0 Å². The van der Waals surface area contributed by atoms with Gasteiger partial charge in [0.25, 0.3) is 0 Å². The zero-order valence-corrected chi connectivity index (χ0v) is 13.4. The molecule has 2 N–H and O–H groups in total. The van der Waals surface area contributed by atoms with Gasteiger partial charge in [-0.2, -0.15) is 0 Å². The highest BCUT2D eigenvalue weighted by Gasteiger charge is 2.13. The lowest BCUT2D eigenvalue weighted by atomic mass is 10.0. The molecule has 4 nitrogen and oxygen atoms in total. The van der Waals surface area contributed by atoms with Crippen molar-refractivity contribution in [1.82, 2.24) is 10.2 Å². The van der Waals surface area contributed by atoms with Crippen molar-refractivity contribution in [3.8, 4) is 0 Å². The fourth-order valence-electron chi connectivity index (χ4n) is 2.32. The summed E-state index contributed by atoms with van der Waals surface area (Å²) in [5, 5.41) is 12.4. The molecular weight excluding hydrogens is 264 g/mol. The quantitative estimate of drug-likeness (QED) is 0.649. The lowest BCUT2D eigenvalue weighted by Crippen LogP contribution is -2.35. The van der Waals surface area contributed by atoms with Crippen LogP contribution in [0.15, 0.2) is 24.3 Å². The Hall–Kier alpha value is -1.39. The molecule has 0 amide bonds. The lowest BCUT2D eigenvalue weighted by molar-refractivity contribution is -0.137. The zero-order valence-electron chi connectivity index (χ0n) is 13.4. The van der Waals surface area contributed by atoms with Gasteiger partial charge in [-0.05, 0) is 57.6 Å². The van der Waals surface area contributed by atoms with Crippen molar-refractivity contribution >= 4 is 5.97 Å². The number of benzene rings is 1. The molecule has 0 heterocycles. The Morgan fingerprint density at radius 3 is 2.38 bits per heavy atom. The first kappa shape index (κ1) is 17.7. The summed E-state index contributed by atoms with van der Waals surface area (Å²) in [6.45, 7) is 4.00. The molecule has 0 aromatic heterocycles. The van der Waals surface area contributed by atoms with E-state index in [1.807, 2.05) is 14.1 Å². The predicted molar refractivity (Wildman–Crippen MR) is 86.7 cm³/mol. The van der Waals surface area contributed by atoms with Gasteiger partial charge < -0.3 is 15.3 Å². The van der Waals surface area contributed by atoms with E-state index in [2.05, 4.69) is 41.4 Å². The monoisotopic (exact) mass is 292 g/mol. The molecule has 1 aromatic rings. The molecule has 0 bridgehead atoms. The molecule has 0 fully saturated rings. The molecule has 1 rings (SSSR count). The van der Waals surface area contributed by atoms with E-state index in [0.29, 0.717) is 0 Å². The van der Waals surface area contributed by atoms with Crippen molar-refractivity contribution in [2.45, 2.75) is 38.6 Å². The Bertz CT molecular complexity index is 415. The number of nitrogens with zero attached hydrogens (tertiary/aromatic N) is 1. The van der Waals surface area contributed by atoms with Crippen molar-refractivity contribution in [2.75, 3.05) is 27.2 Å². The SMILES string of the molecule is CCc1ccc(CC(CC(=O)O)NCCCN(C)C)cc1. The van der Waals surface area contributed by atoms with E-state index in [1.54, 1.807) is 0 Å². The van der Waals surface area contributed by atoms with E-state index in [1.165, 1.54) is 11.1 Å². The smallest absolute Gasteiger partial charge is 0.304 e. The fraction of sp³-hybridized carbons (Fsp3) is 0.588. The Morgan fingerprint density at radius 2 is 1.86 bits per heavy atom. The first-order valence-corrected chi connectivity index (χ1v) is 7.69. The first-order chi connectivity index (χ1) is 10.0. The Morgan fingerprint density at radius 1 is 1.24 bits per heavy atom. The maximum atomic E-state index is 11.0. The van der Waals surface area contributed by atoms with E-state index in [0.717, 1.165) is 32.4 Å². The molecule has 21 heavy (non-hydrogen) atoms. The van der Waals surface area contributed by atoms with E-state index in [9.17, 15) is 4.79 Å².